The van der Waals surface area contributed by atoms with Crippen molar-refractivity contribution in [2.45, 2.75) is 6.04 Å². The van der Waals surface area contributed by atoms with Crippen LogP contribution in [0.2, 0.25) is 0 Å². The zero-order valence-corrected chi connectivity index (χ0v) is 15.3. The molecule has 1 aliphatic rings. The van der Waals surface area contributed by atoms with E-state index in [1.807, 2.05) is 4.90 Å². The number of hydrogen-bond acceptors (Lipinski definition) is 2. The van der Waals surface area contributed by atoms with E-state index in [0.29, 0.717) is 31.5 Å². The standard InChI is InChI=1S/C19H19BrF2N2O/c20-13-18(25)23-9-11-24(12-10-23)19(14-1-5-16(21)6-2-14)15-3-7-17(22)8-4-15/h1-8,19H,9-13H2. The summed E-state index contributed by atoms with van der Waals surface area (Å²) in [6, 6.07) is 12.7. The molecule has 0 saturated carbocycles. The molecule has 1 amide bonds. The topological polar surface area (TPSA) is 23.6 Å². The molecule has 0 bridgehead atoms. The third-order valence-corrected chi connectivity index (χ3v) is 5.00. The number of rotatable bonds is 4. The second-order valence-corrected chi connectivity index (χ2v) is 6.62. The summed E-state index contributed by atoms with van der Waals surface area (Å²) in [6.45, 7) is 2.70. The minimum atomic E-state index is -0.283. The van der Waals surface area contributed by atoms with E-state index in [1.54, 1.807) is 24.3 Å². The van der Waals surface area contributed by atoms with Crippen LogP contribution in [0.4, 0.5) is 8.78 Å². The van der Waals surface area contributed by atoms with E-state index in [4.69, 9.17) is 0 Å². The number of carbonyl (C=O) groups is 1. The molecule has 132 valence electrons. The van der Waals surface area contributed by atoms with Crippen LogP contribution < -0.4 is 0 Å². The zero-order chi connectivity index (χ0) is 17.8. The quantitative estimate of drug-likeness (QED) is 0.721. The molecule has 3 rings (SSSR count). The highest BCUT2D eigenvalue weighted by Gasteiger charge is 2.27. The zero-order valence-electron chi connectivity index (χ0n) is 13.7. The number of alkyl halides is 1. The maximum atomic E-state index is 13.3. The van der Waals surface area contributed by atoms with Crippen molar-refractivity contribution in [3.05, 3.63) is 71.3 Å². The van der Waals surface area contributed by atoms with Crippen molar-refractivity contribution in [1.29, 1.82) is 0 Å². The van der Waals surface area contributed by atoms with E-state index >= 15 is 0 Å². The van der Waals surface area contributed by atoms with Gasteiger partial charge in [0.2, 0.25) is 5.91 Å². The van der Waals surface area contributed by atoms with Gasteiger partial charge in [0.05, 0.1) is 11.4 Å². The average molecular weight is 409 g/mol. The second-order valence-electron chi connectivity index (χ2n) is 6.06. The van der Waals surface area contributed by atoms with Crippen molar-refractivity contribution in [2.75, 3.05) is 31.5 Å². The minimum absolute atomic E-state index is 0.0831. The number of piperazine rings is 1. The molecule has 3 nitrogen and oxygen atoms in total. The van der Waals surface area contributed by atoms with Gasteiger partial charge in [0.25, 0.3) is 0 Å². The van der Waals surface area contributed by atoms with E-state index < -0.39 is 0 Å². The molecule has 0 aromatic heterocycles. The number of benzene rings is 2. The van der Waals surface area contributed by atoms with Gasteiger partial charge in [0.1, 0.15) is 11.6 Å². The summed E-state index contributed by atoms with van der Waals surface area (Å²) in [4.78, 5) is 15.9. The van der Waals surface area contributed by atoms with Crippen molar-refractivity contribution in [2.24, 2.45) is 0 Å². The molecule has 0 radical (unpaired) electrons. The van der Waals surface area contributed by atoms with Crippen molar-refractivity contribution < 1.29 is 13.6 Å². The minimum Gasteiger partial charge on any atom is -0.339 e. The molecule has 2 aromatic carbocycles. The fraction of sp³-hybridized carbons (Fsp3) is 0.316. The first-order valence-electron chi connectivity index (χ1n) is 8.17. The predicted octanol–water partition coefficient (Wildman–Crippen LogP) is 3.59. The Kier molecular flexibility index (Phi) is 5.81. The number of halogens is 3. The van der Waals surface area contributed by atoms with Gasteiger partial charge in [-0.25, -0.2) is 8.78 Å². The molecule has 0 unspecified atom stereocenters. The van der Waals surface area contributed by atoms with Gasteiger partial charge in [-0.3, -0.25) is 9.69 Å². The molecule has 1 fully saturated rings. The number of nitrogens with zero attached hydrogens (tertiary/aromatic N) is 2. The first kappa shape index (κ1) is 18.0. The summed E-state index contributed by atoms with van der Waals surface area (Å²) in [7, 11) is 0. The maximum Gasteiger partial charge on any atom is 0.233 e. The van der Waals surface area contributed by atoms with Gasteiger partial charge in [-0.1, -0.05) is 40.2 Å². The first-order valence-corrected chi connectivity index (χ1v) is 9.29. The van der Waals surface area contributed by atoms with E-state index in [9.17, 15) is 13.6 Å². The van der Waals surface area contributed by atoms with Crippen LogP contribution in [0.3, 0.4) is 0 Å². The Morgan fingerprint density at radius 2 is 1.32 bits per heavy atom. The van der Waals surface area contributed by atoms with Gasteiger partial charge < -0.3 is 4.90 Å². The van der Waals surface area contributed by atoms with Crippen LogP contribution in [0.15, 0.2) is 48.5 Å². The SMILES string of the molecule is O=C(CBr)N1CCN(C(c2ccc(F)cc2)c2ccc(F)cc2)CC1. The molecule has 0 atom stereocenters. The van der Waals surface area contributed by atoms with Gasteiger partial charge in [0.15, 0.2) is 0 Å². The van der Waals surface area contributed by atoms with Gasteiger partial charge in [-0.05, 0) is 35.4 Å². The fourth-order valence-electron chi connectivity index (χ4n) is 3.22. The summed E-state index contributed by atoms with van der Waals surface area (Å²) >= 11 is 3.21. The Hall–Kier alpha value is -1.79. The maximum absolute atomic E-state index is 13.3. The van der Waals surface area contributed by atoms with Crippen LogP contribution in [0, 0.1) is 11.6 Å². The van der Waals surface area contributed by atoms with Crippen molar-refractivity contribution in [3.63, 3.8) is 0 Å². The highest BCUT2D eigenvalue weighted by molar-refractivity contribution is 9.09. The summed E-state index contributed by atoms with van der Waals surface area (Å²) in [5.74, 6) is -0.483. The molecule has 0 aliphatic carbocycles. The lowest BCUT2D eigenvalue weighted by atomic mass is 9.96. The molecule has 1 saturated heterocycles. The van der Waals surface area contributed by atoms with Crippen molar-refractivity contribution in [1.82, 2.24) is 9.80 Å². The van der Waals surface area contributed by atoms with Gasteiger partial charge in [-0.2, -0.15) is 0 Å². The van der Waals surface area contributed by atoms with Crippen LogP contribution in [0.25, 0.3) is 0 Å². The molecule has 25 heavy (non-hydrogen) atoms. The Bertz CT molecular complexity index is 668. The lowest BCUT2D eigenvalue weighted by Crippen LogP contribution is -2.50. The predicted molar refractivity (Wildman–Crippen MR) is 96.6 cm³/mol. The first-order chi connectivity index (χ1) is 12.1. The molecule has 0 N–H and O–H groups in total. The molecular weight excluding hydrogens is 390 g/mol. The normalized spacial score (nSPS) is 15.6. The Balaban J connectivity index is 1.86. The van der Waals surface area contributed by atoms with Crippen LogP contribution in [-0.4, -0.2) is 47.2 Å². The summed E-state index contributed by atoms with van der Waals surface area (Å²) in [6.07, 6.45) is 0. The third-order valence-electron chi connectivity index (χ3n) is 4.52. The average Bonchev–Trinajstić information content (AvgIpc) is 2.65. The Labute approximate surface area is 154 Å². The highest BCUT2D eigenvalue weighted by atomic mass is 79.9. The van der Waals surface area contributed by atoms with Crippen LogP contribution >= 0.6 is 15.9 Å². The summed E-state index contributed by atoms with van der Waals surface area (Å²) in [5.41, 5.74) is 1.90. The van der Waals surface area contributed by atoms with Crippen molar-refractivity contribution in [3.8, 4) is 0 Å². The largest absolute Gasteiger partial charge is 0.339 e. The van der Waals surface area contributed by atoms with E-state index in [0.717, 1.165) is 11.1 Å². The number of amides is 1. The number of carbonyl (C=O) groups excluding carboxylic acids is 1. The lowest BCUT2D eigenvalue weighted by molar-refractivity contribution is -0.130. The van der Waals surface area contributed by atoms with Gasteiger partial charge >= 0.3 is 0 Å². The number of hydrogen-bond donors (Lipinski definition) is 0. The second kappa shape index (κ2) is 8.06. The molecule has 1 aliphatic heterocycles. The van der Waals surface area contributed by atoms with Gasteiger partial charge in [-0.15, -0.1) is 0 Å². The van der Waals surface area contributed by atoms with Crippen LogP contribution in [-0.2, 0) is 4.79 Å². The Morgan fingerprint density at radius 3 is 1.72 bits per heavy atom. The smallest absolute Gasteiger partial charge is 0.233 e. The van der Waals surface area contributed by atoms with E-state index in [-0.39, 0.29) is 23.6 Å². The molecular formula is C19H19BrF2N2O. The lowest BCUT2D eigenvalue weighted by Gasteiger charge is -2.39. The Morgan fingerprint density at radius 1 is 0.880 bits per heavy atom. The third kappa shape index (κ3) is 4.25. The van der Waals surface area contributed by atoms with Gasteiger partial charge in [0, 0.05) is 26.2 Å². The molecule has 0 spiro atoms. The molecule has 6 heteroatoms. The monoisotopic (exact) mass is 408 g/mol. The molecule has 1 heterocycles. The summed E-state index contributed by atoms with van der Waals surface area (Å²) < 4.78 is 26.6. The van der Waals surface area contributed by atoms with E-state index in [2.05, 4.69) is 20.8 Å². The van der Waals surface area contributed by atoms with E-state index in [1.165, 1.54) is 24.3 Å². The van der Waals surface area contributed by atoms with Crippen LogP contribution in [0.1, 0.15) is 17.2 Å². The fourth-order valence-corrected chi connectivity index (χ4v) is 3.57. The summed E-state index contributed by atoms with van der Waals surface area (Å²) in [5, 5.41) is 0.326. The molecule has 2 aromatic rings. The highest BCUT2D eigenvalue weighted by Crippen LogP contribution is 2.30. The van der Waals surface area contributed by atoms with Crippen LogP contribution in [0.5, 0.6) is 0 Å². The van der Waals surface area contributed by atoms with Crippen molar-refractivity contribution >= 4 is 21.8 Å².